The highest BCUT2D eigenvalue weighted by molar-refractivity contribution is 6.40. The van der Waals surface area contributed by atoms with Gasteiger partial charge in [0, 0.05) is 0 Å². The van der Waals surface area contributed by atoms with Crippen molar-refractivity contribution in [2.45, 2.75) is 12.6 Å². The number of rotatable bonds is 4. The van der Waals surface area contributed by atoms with Gasteiger partial charge in [0.1, 0.15) is 5.75 Å². The van der Waals surface area contributed by atoms with Gasteiger partial charge in [-0.3, -0.25) is 9.59 Å². The van der Waals surface area contributed by atoms with Crippen LogP contribution in [-0.4, -0.2) is 28.9 Å². The minimum atomic E-state index is -1.69. The molecule has 0 aromatic heterocycles. The zero-order chi connectivity index (χ0) is 16.4. The van der Waals surface area contributed by atoms with E-state index < -0.39 is 23.8 Å². The van der Waals surface area contributed by atoms with Gasteiger partial charge in [-0.25, -0.2) is 4.79 Å². The Labute approximate surface area is 131 Å². The summed E-state index contributed by atoms with van der Waals surface area (Å²) in [5, 5.41) is 8.88. The van der Waals surface area contributed by atoms with Gasteiger partial charge in [-0.2, -0.15) is 0 Å². The smallest absolute Gasteiger partial charge is 0.376 e. The molecule has 1 atom stereocenters. The zero-order valence-electron chi connectivity index (χ0n) is 12.0. The molecule has 0 spiro atoms. The van der Waals surface area contributed by atoms with Crippen LogP contribution in [0.1, 0.15) is 5.56 Å². The number of carbonyl (C=O) groups excluding carboxylic acids is 2. The molecule has 2 aromatic carbocycles. The van der Waals surface area contributed by atoms with E-state index in [2.05, 4.69) is 0 Å². The Morgan fingerprint density at radius 2 is 1.70 bits per heavy atom. The number of aliphatic carboxylic acids is 1. The highest BCUT2D eigenvalue weighted by atomic mass is 16.5. The molecule has 1 aliphatic rings. The maximum Gasteiger partial charge on any atom is 0.376 e. The number of anilines is 1. The fourth-order valence-corrected chi connectivity index (χ4v) is 2.42. The molecule has 6 heteroatoms. The molecule has 6 nitrogen and oxygen atoms in total. The summed E-state index contributed by atoms with van der Waals surface area (Å²) >= 11 is 0. The highest BCUT2D eigenvalue weighted by Crippen LogP contribution is 2.34. The topological polar surface area (TPSA) is 83.9 Å². The normalized spacial score (nSPS) is 16.4. The molecule has 0 fully saturated rings. The molecule has 2 aromatic rings. The Kier molecular flexibility index (Phi) is 3.80. The Balaban J connectivity index is 2.00. The average molecular weight is 311 g/mol. The highest BCUT2D eigenvalue weighted by Gasteiger charge is 2.41. The van der Waals surface area contributed by atoms with Crippen LogP contribution in [-0.2, 0) is 20.9 Å². The van der Waals surface area contributed by atoms with E-state index in [-0.39, 0.29) is 6.54 Å². The fraction of sp³-hybridized carbons (Fsp3) is 0.118. The van der Waals surface area contributed by atoms with Crippen LogP contribution in [0, 0.1) is 0 Å². The van der Waals surface area contributed by atoms with Gasteiger partial charge in [-0.15, -0.1) is 0 Å². The molecule has 1 unspecified atom stereocenters. The monoisotopic (exact) mass is 311 g/mol. The van der Waals surface area contributed by atoms with Crippen molar-refractivity contribution in [1.82, 2.24) is 0 Å². The maximum absolute atomic E-state index is 12.6. The van der Waals surface area contributed by atoms with Crippen molar-refractivity contribution in [3.8, 4) is 5.75 Å². The number of carboxylic acid groups (broad SMARTS) is 1. The lowest BCUT2D eigenvalue weighted by molar-refractivity contribution is -0.155. The molecule has 1 amide bonds. The van der Waals surface area contributed by atoms with Gasteiger partial charge in [-0.05, 0) is 17.7 Å². The summed E-state index contributed by atoms with van der Waals surface area (Å²) in [5.41, 5.74) is 1.37. The molecule has 0 bridgehead atoms. The number of carbonyl (C=O) groups is 3. The lowest BCUT2D eigenvalue weighted by Gasteiger charge is -2.33. The van der Waals surface area contributed by atoms with Gasteiger partial charge in [0.25, 0.3) is 11.7 Å². The molecule has 0 saturated heterocycles. The number of ether oxygens (including phenoxy) is 1. The van der Waals surface area contributed by atoms with Crippen LogP contribution in [0.4, 0.5) is 5.69 Å². The van der Waals surface area contributed by atoms with Crippen molar-refractivity contribution in [1.29, 1.82) is 0 Å². The molecule has 1 heterocycles. The van der Waals surface area contributed by atoms with Gasteiger partial charge in [0.15, 0.2) is 0 Å². The van der Waals surface area contributed by atoms with Crippen LogP contribution in [0.5, 0.6) is 5.75 Å². The van der Waals surface area contributed by atoms with Crippen molar-refractivity contribution in [3.05, 3.63) is 60.2 Å². The third-order valence-electron chi connectivity index (χ3n) is 3.52. The Morgan fingerprint density at radius 1 is 1.04 bits per heavy atom. The minimum Gasteiger partial charge on any atom is -0.475 e. The van der Waals surface area contributed by atoms with E-state index in [1.54, 1.807) is 24.3 Å². The quantitative estimate of drug-likeness (QED) is 0.685. The maximum atomic E-state index is 12.6. The summed E-state index contributed by atoms with van der Waals surface area (Å²) < 4.78 is 5.31. The summed E-state index contributed by atoms with van der Waals surface area (Å²) in [4.78, 5) is 36.6. The molecule has 0 aliphatic carbocycles. The van der Waals surface area contributed by atoms with Gasteiger partial charge in [-0.1, -0.05) is 42.5 Å². The standard InChI is InChI=1S/C17H13NO5/c19-14(17(21)22)15-16(20)18(10-11-6-2-1-3-7-11)12-8-4-5-9-13(12)23-15/h1-9,15H,10H2,(H,21,22). The fourth-order valence-electron chi connectivity index (χ4n) is 2.42. The number of para-hydroxylation sites is 2. The van der Waals surface area contributed by atoms with E-state index >= 15 is 0 Å². The zero-order valence-corrected chi connectivity index (χ0v) is 12.0. The molecular weight excluding hydrogens is 298 g/mol. The molecule has 1 N–H and O–H groups in total. The summed E-state index contributed by atoms with van der Waals surface area (Å²) in [6.07, 6.45) is -1.66. The Bertz CT molecular complexity index is 772. The summed E-state index contributed by atoms with van der Waals surface area (Å²) in [7, 11) is 0. The number of ketones is 1. The van der Waals surface area contributed by atoms with Gasteiger partial charge in [0.05, 0.1) is 12.2 Å². The number of nitrogens with zero attached hydrogens (tertiary/aromatic N) is 1. The number of carboxylic acids is 1. The predicted octanol–water partition coefficient (Wildman–Crippen LogP) is 1.63. The third-order valence-corrected chi connectivity index (χ3v) is 3.52. The Morgan fingerprint density at radius 3 is 2.39 bits per heavy atom. The van der Waals surface area contributed by atoms with Crippen molar-refractivity contribution < 1.29 is 24.2 Å². The molecule has 0 saturated carbocycles. The summed E-state index contributed by atoms with van der Waals surface area (Å²) in [5.74, 6) is -3.34. The first-order valence-corrected chi connectivity index (χ1v) is 6.96. The number of Topliss-reactive ketones (excluding diaryl/α,β-unsaturated/α-hetero) is 1. The number of benzene rings is 2. The van der Waals surface area contributed by atoms with Crippen LogP contribution >= 0.6 is 0 Å². The van der Waals surface area contributed by atoms with Crippen LogP contribution in [0.2, 0.25) is 0 Å². The van der Waals surface area contributed by atoms with Crippen molar-refractivity contribution in [2.24, 2.45) is 0 Å². The van der Waals surface area contributed by atoms with E-state index in [0.29, 0.717) is 11.4 Å². The van der Waals surface area contributed by atoms with E-state index in [4.69, 9.17) is 9.84 Å². The summed E-state index contributed by atoms with van der Waals surface area (Å²) in [6, 6.07) is 16.0. The second kappa shape index (κ2) is 5.92. The van der Waals surface area contributed by atoms with E-state index in [1.807, 2.05) is 30.3 Å². The van der Waals surface area contributed by atoms with Gasteiger partial charge >= 0.3 is 5.97 Å². The molecule has 0 radical (unpaired) electrons. The van der Waals surface area contributed by atoms with Crippen LogP contribution < -0.4 is 9.64 Å². The van der Waals surface area contributed by atoms with Crippen LogP contribution in [0.15, 0.2) is 54.6 Å². The van der Waals surface area contributed by atoms with Gasteiger partial charge in [0.2, 0.25) is 6.10 Å². The molecule has 116 valence electrons. The average Bonchev–Trinajstić information content (AvgIpc) is 2.57. The lowest BCUT2D eigenvalue weighted by Crippen LogP contribution is -2.51. The Hall–Kier alpha value is -3.15. The lowest BCUT2D eigenvalue weighted by atomic mass is 10.1. The minimum absolute atomic E-state index is 0.226. The first kappa shape index (κ1) is 14.8. The molecule has 23 heavy (non-hydrogen) atoms. The van der Waals surface area contributed by atoms with Crippen molar-refractivity contribution in [2.75, 3.05) is 4.90 Å². The van der Waals surface area contributed by atoms with E-state index in [9.17, 15) is 14.4 Å². The second-order valence-corrected chi connectivity index (χ2v) is 5.05. The van der Waals surface area contributed by atoms with Gasteiger partial charge < -0.3 is 14.7 Å². The summed E-state index contributed by atoms with van der Waals surface area (Å²) in [6.45, 7) is 0.226. The first-order valence-electron chi connectivity index (χ1n) is 6.96. The SMILES string of the molecule is O=C(O)C(=O)C1Oc2ccccc2N(Cc2ccccc2)C1=O. The predicted molar refractivity (Wildman–Crippen MR) is 81.1 cm³/mol. The number of hydrogen-bond acceptors (Lipinski definition) is 4. The first-order chi connectivity index (χ1) is 11.1. The van der Waals surface area contributed by atoms with Crippen molar-refractivity contribution in [3.63, 3.8) is 0 Å². The molecular formula is C17H13NO5. The van der Waals surface area contributed by atoms with E-state index in [1.165, 1.54) is 4.90 Å². The number of hydrogen-bond donors (Lipinski definition) is 1. The van der Waals surface area contributed by atoms with Crippen molar-refractivity contribution >= 4 is 23.3 Å². The largest absolute Gasteiger partial charge is 0.475 e. The van der Waals surface area contributed by atoms with Crippen LogP contribution in [0.3, 0.4) is 0 Å². The van der Waals surface area contributed by atoms with E-state index in [0.717, 1.165) is 5.56 Å². The number of fused-ring (bicyclic) bond motifs is 1. The number of amides is 1. The molecule has 3 rings (SSSR count). The second-order valence-electron chi connectivity index (χ2n) is 5.05. The van der Waals surface area contributed by atoms with Crippen LogP contribution in [0.25, 0.3) is 0 Å². The third kappa shape index (κ3) is 2.78. The molecule has 1 aliphatic heterocycles.